The Morgan fingerprint density at radius 2 is 2.26 bits per heavy atom. The predicted molar refractivity (Wildman–Crippen MR) is 115 cm³/mol. The fourth-order valence-corrected chi connectivity index (χ4v) is 3.85. The van der Waals surface area contributed by atoms with Crippen molar-refractivity contribution in [2.45, 2.75) is 25.7 Å². The van der Waals surface area contributed by atoms with Crippen molar-refractivity contribution in [3.05, 3.63) is 48.4 Å². The topological polar surface area (TPSA) is 97.5 Å². The summed E-state index contributed by atoms with van der Waals surface area (Å²) in [7, 11) is 3.63. The molecule has 162 valence electrons. The van der Waals surface area contributed by atoms with Crippen LogP contribution in [0, 0.1) is 6.92 Å². The van der Waals surface area contributed by atoms with E-state index in [1.54, 1.807) is 20.2 Å². The minimum absolute atomic E-state index is 0.122. The SMILES string of the molecule is COc1cccc(N(C)CCC(=O)N2CC[C@H](c3ncncc3-c3noc(C)n3)C2)c1. The highest BCUT2D eigenvalue weighted by Crippen LogP contribution is 2.32. The van der Waals surface area contributed by atoms with E-state index in [0.717, 1.165) is 29.1 Å². The highest BCUT2D eigenvalue weighted by Gasteiger charge is 2.30. The van der Waals surface area contributed by atoms with Crippen molar-refractivity contribution >= 4 is 11.6 Å². The summed E-state index contributed by atoms with van der Waals surface area (Å²) in [6.45, 7) is 3.72. The first kappa shape index (κ1) is 20.8. The van der Waals surface area contributed by atoms with Gasteiger partial charge in [0.2, 0.25) is 17.6 Å². The molecular weight excluding hydrogens is 396 g/mol. The van der Waals surface area contributed by atoms with E-state index < -0.39 is 0 Å². The van der Waals surface area contributed by atoms with Crippen LogP contribution in [0.2, 0.25) is 0 Å². The molecule has 31 heavy (non-hydrogen) atoms. The summed E-state index contributed by atoms with van der Waals surface area (Å²) in [5.74, 6) is 2.04. The molecule has 1 fully saturated rings. The van der Waals surface area contributed by atoms with Crippen molar-refractivity contribution in [2.75, 3.05) is 38.7 Å². The molecule has 0 radical (unpaired) electrons. The van der Waals surface area contributed by atoms with Gasteiger partial charge in [0, 0.05) is 63.9 Å². The molecule has 9 heteroatoms. The van der Waals surface area contributed by atoms with Crippen LogP contribution >= 0.6 is 0 Å². The number of aryl methyl sites for hydroxylation is 1. The average molecular weight is 422 g/mol. The number of likely N-dealkylation sites (tertiary alicyclic amines) is 1. The summed E-state index contributed by atoms with van der Waals surface area (Å²) in [6, 6.07) is 7.83. The summed E-state index contributed by atoms with van der Waals surface area (Å²) in [4.78, 5) is 29.7. The van der Waals surface area contributed by atoms with Gasteiger partial charge in [-0.1, -0.05) is 11.2 Å². The quantitative estimate of drug-likeness (QED) is 0.573. The third-order valence-corrected chi connectivity index (χ3v) is 5.59. The van der Waals surface area contributed by atoms with Crippen molar-refractivity contribution in [2.24, 2.45) is 0 Å². The van der Waals surface area contributed by atoms with Gasteiger partial charge in [-0.05, 0) is 18.6 Å². The fourth-order valence-electron chi connectivity index (χ4n) is 3.85. The number of methoxy groups -OCH3 is 1. The van der Waals surface area contributed by atoms with Gasteiger partial charge in [0.25, 0.3) is 0 Å². The van der Waals surface area contributed by atoms with Gasteiger partial charge in [0.1, 0.15) is 12.1 Å². The molecule has 1 aromatic carbocycles. The lowest BCUT2D eigenvalue weighted by Crippen LogP contribution is -2.32. The van der Waals surface area contributed by atoms with Gasteiger partial charge in [-0.2, -0.15) is 4.98 Å². The molecule has 1 aliphatic rings. The molecular formula is C22H26N6O3. The van der Waals surface area contributed by atoms with Crippen LogP contribution in [0.15, 0.2) is 41.3 Å². The molecule has 0 unspecified atom stereocenters. The summed E-state index contributed by atoms with van der Waals surface area (Å²) < 4.78 is 10.4. The van der Waals surface area contributed by atoms with E-state index in [1.165, 1.54) is 6.33 Å². The second kappa shape index (κ2) is 9.11. The van der Waals surface area contributed by atoms with Crippen LogP contribution < -0.4 is 9.64 Å². The number of rotatable bonds is 7. The molecule has 9 nitrogen and oxygen atoms in total. The number of carbonyl (C=O) groups excluding carboxylic acids is 1. The van der Waals surface area contributed by atoms with E-state index in [-0.39, 0.29) is 11.8 Å². The summed E-state index contributed by atoms with van der Waals surface area (Å²) in [6.07, 6.45) is 4.53. The zero-order chi connectivity index (χ0) is 21.8. The Morgan fingerprint density at radius 3 is 3.03 bits per heavy atom. The standard InChI is InChI=1S/C22H26N6O3/c1-15-25-22(26-31-15)19-12-23-14-24-21(19)16-7-10-28(13-16)20(29)8-9-27(2)17-5-4-6-18(11-17)30-3/h4-6,11-12,14,16H,7-10,13H2,1-3H3/t16-/m0/s1. The lowest BCUT2D eigenvalue weighted by Gasteiger charge is -2.22. The first-order chi connectivity index (χ1) is 15.0. The van der Waals surface area contributed by atoms with E-state index in [2.05, 4.69) is 25.0 Å². The number of aromatic nitrogens is 4. The van der Waals surface area contributed by atoms with Crippen LogP contribution in [0.5, 0.6) is 5.75 Å². The van der Waals surface area contributed by atoms with Crippen molar-refractivity contribution in [1.29, 1.82) is 0 Å². The predicted octanol–water partition coefficient (Wildman–Crippen LogP) is 2.69. The summed E-state index contributed by atoms with van der Waals surface area (Å²) >= 11 is 0. The van der Waals surface area contributed by atoms with Crippen LogP contribution in [0.25, 0.3) is 11.4 Å². The number of benzene rings is 1. The van der Waals surface area contributed by atoms with Gasteiger partial charge in [0.05, 0.1) is 18.4 Å². The second-order valence-electron chi connectivity index (χ2n) is 7.66. The normalized spacial score (nSPS) is 15.8. The second-order valence-corrected chi connectivity index (χ2v) is 7.66. The highest BCUT2D eigenvalue weighted by atomic mass is 16.5. The zero-order valence-electron chi connectivity index (χ0n) is 18.0. The summed E-state index contributed by atoms with van der Waals surface area (Å²) in [5.41, 5.74) is 2.64. The monoisotopic (exact) mass is 422 g/mol. The fraction of sp³-hybridized carbons (Fsp3) is 0.409. The lowest BCUT2D eigenvalue weighted by atomic mass is 10.00. The maximum Gasteiger partial charge on any atom is 0.224 e. The maximum absolute atomic E-state index is 12.8. The number of hydrogen-bond donors (Lipinski definition) is 0. The van der Waals surface area contributed by atoms with Gasteiger partial charge in [-0.25, -0.2) is 9.97 Å². The number of ether oxygens (including phenoxy) is 1. The third-order valence-electron chi connectivity index (χ3n) is 5.59. The zero-order valence-corrected chi connectivity index (χ0v) is 18.0. The van der Waals surface area contributed by atoms with Gasteiger partial charge in [-0.3, -0.25) is 4.79 Å². The van der Waals surface area contributed by atoms with Crippen LogP contribution in [-0.4, -0.2) is 64.7 Å². The average Bonchev–Trinajstić information content (AvgIpc) is 3.47. The molecule has 1 aliphatic heterocycles. The molecule has 1 amide bonds. The third kappa shape index (κ3) is 4.65. The van der Waals surface area contributed by atoms with Crippen LogP contribution in [0.3, 0.4) is 0 Å². The smallest absolute Gasteiger partial charge is 0.224 e. The van der Waals surface area contributed by atoms with E-state index >= 15 is 0 Å². The van der Waals surface area contributed by atoms with Crippen molar-refractivity contribution in [1.82, 2.24) is 25.0 Å². The Bertz CT molecular complexity index is 1050. The first-order valence-electron chi connectivity index (χ1n) is 10.3. The molecule has 3 heterocycles. The largest absolute Gasteiger partial charge is 0.497 e. The number of amides is 1. The molecule has 1 saturated heterocycles. The Labute approximate surface area is 181 Å². The van der Waals surface area contributed by atoms with E-state index in [1.807, 2.05) is 36.2 Å². The van der Waals surface area contributed by atoms with E-state index in [4.69, 9.17) is 9.26 Å². The van der Waals surface area contributed by atoms with Crippen molar-refractivity contribution < 1.29 is 14.1 Å². The van der Waals surface area contributed by atoms with Crippen LogP contribution in [-0.2, 0) is 4.79 Å². The molecule has 0 N–H and O–H groups in total. The highest BCUT2D eigenvalue weighted by molar-refractivity contribution is 5.77. The minimum Gasteiger partial charge on any atom is -0.497 e. The minimum atomic E-state index is 0.122. The Kier molecular flexibility index (Phi) is 6.11. The lowest BCUT2D eigenvalue weighted by molar-refractivity contribution is -0.129. The first-order valence-corrected chi connectivity index (χ1v) is 10.3. The van der Waals surface area contributed by atoms with Gasteiger partial charge in [-0.15, -0.1) is 0 Å². The Balaban J connectivity index is 1.37. The molecule has 0 aliphatic carbocycles. The van der Waals surface area contributed by atoms with Crippen LogP contribution in [0.4, 0.5) is 5.69 Å². The Morgan fingerprint density at radius 1 is 1.39 bits per heavy atom. The molecule has 0 spiro atoms. The van der Waals surface area contributed by atoms with Gasteiger partial charge >= 0.3 is 0 Å². The number of nitrogens with zero attached hydrogens (tertiary/aromatic N) is 6. The van der Waals surface area contributed by atoms with E-state index in [0.29, 0.717) is 37.8 Å². The number of hydrogen-bond acceptors (Lipinski definition) is 8. The Hall–Kier alpha value is -3.49. The van der Waals surface area contributed by atoms with E-state index in [9.17, 15) is 4.79 Å². The van der Waals surface area contributed by atoms with Gasteiger partial charge < -0.3 is 19.1 Å². The van der Waals surface area contributed by atoms with Gasteiger partial charge in [0.15, 0.2) is 0 Å². The molecule has 1 atom stereocenters. The maximum atomic E-state index is 12.8. The molecule has 4 rings (SSSR count). The van der Waals surface area contributed by atoms with Crippen molar-refractivity contribution in [3.8, 4) is 17.1 Å². The van der Waals surface area contributed by atoms with Crippen molar-refractivity contribution in [3.63, 3.8) is 0 Å². The summed E-state index contributed by atoms with van der Waals surface area (Å²) in [5, 5.41) is 4.00. The number of carbonyl (C=O) groups is 1. The molecule has 0 bridgehead atoms. The molecule has 0 saturated carbocycles. The molecule has 3 aromatic rings. The molecule has 2 aromatic heterocycles. The van der Waals surface area contributed by atoms with Crippen LogP contribution in [0.1, 0.15) is 30.3 Å². The number of anilines is 1.